The highest BCUT2D eigenvalue weighted by atomic mass is 32.1. The number of nitrogens with zero attached hydrogens (tertiary/aromatic N) is 2. The highest BCUT2D eigenvalue weighted by Crippen LogP contribution is 2.19. The summed E-state index contributed by atoms with van der Waals surface area (Å²) in [4.78, 5) is 10.4. The number of ether oxygens (including phenoxy) is 1. The maximum absolute atomic E-state index is 5.66. The third-order valence-electron chi connectivity index (χ3n) is 3.44. The predicted molar refractivity (Wildman–Crippen MR) is 101 cm³/mol. The number of aryl methyl sites for hydroxylation is 2. The number of benzene rings is 1. The van der Waals surface area contributed by atoms with E-state index in [1.807, 2.05) is 39.0 Å². The summed E-state index contributed by atoms with van der Waals surface area (Å²) in [5, 5.41) is 7.76. The van der Waals surface area contributed by atoms with Crippen molar-refractivity contribution in [2.45, 2.75) is 40.8 Å². The number of aromatic nitrogens is 1. The summed E-state index contributed by atoms with van der Waals surface area (Å²) in [5.74, 6) is 1.70. The van der Waals surface area contributed by atoms with E-state index in [9.17, 15) is 0 Å². The summed E-state index contributed by atoms with van der Waals surface area (Å²) in [6, 6.07) is 8.03. The summed E-state index contributed by atoms with van der Waals surface area (Å²) in [6.45, 7) is 10.9. The van der Waals surface area contributed by atoms with E-state index in [-0.39, 0.29) is 0 Å². The number of para-hydroxylation sites is 1. The largest absolute Gasteiger partial charge is 0.494 e. The van der Waals surface area contributed by atoms with Gasteiger partial charge in [0.2, 0.25) is 0 Å². The van der Waals surface area contributed by atoms with Gasteiger partial charge < -0.3 is 15.4 Å². The predicted octanol–water partition coefficient (Wildman–Crippen LogP) is 3.41. The van der Waals surface area contributed by atoms with Crippen LogP contribution in [0.5, 0.6) is 5.75 Å². The maximum atomic E-state index is 5.66. The molecule has 0 radical (unpaired) electrons. The van der Waals surface area contributed by atoms with Crippen molar-refractivity contribution in [2.75, 3.05) is 13.2 Å². The molecule has 2 rings (SSSR count). The van der Waals surface area contributed by atoms with Gasteiger partial charge in [-0.05, 0) is 33.8 Å². The molecule has 0 bridgehead atoms. The molecule has 1 heterocycles. The number of hydrogen-bond donors (Lipinski definition) is 2. The molecule has 2 aromatic rings. The number of thiazole rings is 1. The molecule has 0 spiro atoms. The molecule has 5 nitrogen and oxygen atoms in total. The van der Waals surface area contributed by atoms with Crippen molar-refractivity contribution in [3.8, 4) is 5.75 Å². The van der Waals surface area contributed by atoms with Crippen molar-refractivity contribution in [2.24, 2.45) is 4.99 Å². The van der Waals surface area contributed by atoms with Gasteiger partial charge in [0, 0.05) is 17.0 Å². The molecular weight excluding hydrogens is 320 g/mol. The Labute approximate surface area is 148 Å². The van der Waals surface area contributed by atoms with Crippen LogP contribution in [0.15, 0.2) is 29.3 Å². The maximum Gasteiger partial charge on any atom is 0.191 e. The lowest BCUT2D eigenvalue weighted by Gasteiger charge is -2.12. The van der Waals surface area contributed by atoms with Crippen molar-refractivity contribution in [3.05, 3.63) is 45.4 Å². The first kappa shape index (κ1) is 18.3. The van der Waals surface area contributed by atoms with E-state index in [4.69, 9.17) is 4.74 Å². The van der Waals surface area contributed by atoms with E-state index in [0.717, 1.165) is 41.1 Å². The third-order valence-corrected chi connectivity index (χ3v) is 4.51. The van der Waals surface area contributed by atoms with Crippen LogP contribution in [-0.4, -0.2) is 24.1 Å². The molecule has 6 heteroatoms. The zero-order chi connectivity index (χ0) is 17.4. The molecule has 0 fully saturated rings. The quantitative estimate of drug-likeness (QED) is 0.596. The van der Waals surface area contributed by atoms with Gasteiger partial charge >= 0.3 is 0 Å². The molecule has 1 aromatic carbocycles. The van der Waals surface area contributed by atoms with Crippen molar-refractivity contribution in [1.29, 1.82) is 0 Å². The first-order valence-corrected chi connectivity index (χ1v) is 9.11. The van der Waals surface area contributed by atoms with Crippen LogP contribution in [0.1, 0.15) is 35.0 Å². The second-order valence-corrected chi connectivity index (χ2v) is 6.62. The lowest BCUT2D eigenvalue weighted by atomic mass is 10.2. The fourth-order valence-corrected chi connectivity index (χ4v) is 3.22. The molecule has 2 N–H and O–H groups in total. The van der Waals surface area contributed by atoms with Gasteiger partial charge in [-0.3, -0.25) is 0 Å². The van der Waals surface area contributed by atoms with E-state index in [1.165, 1.54) is 4.88 Å². The lowest BCUT2D eigenvalue weighted by molar-refractivity contribution is 0.336. The Morgan fingerprint density at radius 2 is 2.00 bits per heavy atom. The molecule has 130 valence electrons. The van der Waals surface area contributed by atoms with Crippen LogP contribution in [0.2, 0.25) is 0 Å². The standard InChI is InChI=1S/C18H26N4OS/c1-5-19-18(21-12-17-13(3)22-14(4)24-17)20-11-15-9-7-8-10-16(15)23-6-2/h7-10H,5-6,11-12H2,1-4H3,(H2,19,20,21). The van der Waals surface area contributed by atoms with E-state index in [2.05, 4.69) is 33.6 Å². The summed E-state index contributed by atoms with van der Waals surface area (Å²) < 4.78 is 5.66. The number of nitrogens with one attached hydrogen (secondary N) is 2. The Bertz CT molecular complexity index is 681. The molecule has 24 heavy (non-hydrogen) atoms. The summed E-state index contributed by atoms with van der Waals surface area (Å²) in [5.41, 5.74) is 2.17. The van der Waals surface area contributed by atoms with Gasteiger partial charge in [-0.2, -0.15) is 0 Å². The van der Waals surface area contributed by atoms with Crippen molar-refractivity contribution < 1.29 is 4.74 Å². The number of rotatable bonds is 7. The van der Waals surface area contributed by atoms with Gasteiger partial charge in [-0.15, -0.1) is 11.3 Å². The van der Waals surface area contributed by atoms with Gasteiger partial charge in [0.05, 0.1) is 30.4 Å². The smallest absolute Gasteiger partial charge is 0.191 e. The number of aliphatic imine (C=N–C) groups is 1. The van der Waals surface area contributed by atoms with Gasteiger partial charge in [0.15, 0.2) is 5.96 Å². The molecular formula is C18H26N4OS. The van der Waals surface area contributed by atoms with Gasteiger partial charge in [0.1, 0.15) is 5.75 Å². The van der Waals surface area contributed by atoms with Crippen LogP contribution in [0, 0.1) is 13.8 Å². The fourth-order valence-electron chi connectivity index (χ4n) is 2.34. The molecule has 0 aliphatic carbocycles. The molecule has 0 unspecified atom stereocenters. The van der Waals surface area contributed by atoms with Crippen LogP contribution in [0.4, 0.5) is 0 Å². The highest BCUT2D eigenvalue weighted by Gasteiger charge is 2.06. The normalized spacial score (nSPS) is 11.4. The Balaban J connectivity index is 2.04. The number of guanidine groups is 1. The Hall–Kier alpha value is -2.08. The monoisotopic (exact) mass is 346 g/mol. The molecule has 0 aliphatic heterocycles. The second kappa shape index (κ2) is 9.27. The zero-order valence-corrected chi connectivity index (χ0v) is 15.7. The zero-order valence-electron chi connectivity index (χ0n) is 14.8. The Morgan fingerprint density at radius 3 is 2.67 bits per heavy atom. The SMILES string of the molecule is CCNC(=NCc1ccccc1OCC)NCc1sc(C)nc1C. The van der Waals surface area contributed by atoms with E-state index >= 15 is 0 Å². The van der Waals surface area contributed by atoms with Crippen molar-refractivity contribution in [1.82, 2.24) is 15.6 Å². The van der Waals surface area contributed by atoms with Crippen LogP contribution < -0.4 is 15.4 Å². The van der Waals surface area contributed by atoms with Gasteiger partial charge in [-0.25, -0.2) is 9.98 Å². The van der Waals surface area contributed by atoms with E-state index in [0.29, 0.717) is 13.2 Å². The van der Waals surface area contributed by atoms with Gasteiger partial charge in [0.25, 0.3) is 0 Å². The van der Waals surface area contributed by atoms with Crippen molar-refractivity contribution in [3.63, 3.8) is 0 Å². The molecule has 1 aromatic heterocycles. The average molecular weight is 347 g/mol. The van der Waals surface area contributed by atoms with E-state index < -0.39 is 0 Å². The lowest BCUT2D eigenvalue weighted by Crippen LogP contribution is -2.36. The molecule has 0 amide bonds. The van der Waals surface area contributed by atoms with Crippen LogP contribution >= 0.6 is 11.3 Å². The topological polar surface area (TPSA) is 58.5 Å². The first-order chi connectivity index (χ1) is 11.6. The van der Waals surface area contributed by atoms with Crippen LogP contribution in [0.3, 0.4) is 0 Å². The molecule has 0 saturated carbocycles. The fraction of sp³-hybridized carbons (Fsp3) is 0.444. The molecule has 0 saturated heterocycles. The number of hydrogen-bond acceptors (Lipinski definition) is 4. The van der Waals surface area contributed by atoms with Crippen LogP contribution in [-0.2, 0) is 13.1 Å². The summed E-state index contributed by atoms with van der Waals surface area (Å²) >= 11 is 1.72. The Morgan fingerprint density at radius 1 is 1.21 bits per heavy atom. The Kier molecular flexibility index (Phi) is 7.06. The first-order valence-electron chi connectivity index (χ1n) is 8.29. The van der Waals surface area contributed by atoms with Gasteiger partial charge in [-0.1, -0.05) is 18.2 Å². The second-order valence-electron chi connectivity index (χ2n) is 5.33. The minimum absolute atomic E-state index is 0.576. The molecule has 0 aliphatic rings. The minimum atomic E-state index is 0.576. The molecule has 0 atom stereocenters. The van der Waals surface area contributed by atoms with E-state index in [1.54, 1.807) is 11.3 Å². The van der Waals surface area contributed by atoms with Crippen LogP contribution in [0.25, 0.3) is 0 Å². The third kappa shape index (κ3) is 5.23. The highest BCUT2D eigenvalue weighted by molar-refractivity contribution is 7.11. The minimum Gasteiger partial charge on any atom is -0.494 e. The average Bonchev–Trinajstić information content (AvgIpc) is 2.89. The van der Waals surface area contributed by atoms with Crippen molar-refractivity contribution >= 4 is 17.3 Å². The summed E-state index contributed by atoms with van der Waals surface area (Å²) in [6.07, 6.45) is 0. The summed E-state index contributed by atoms with van der Waals surface area (Å²) in [7, 11) is 0.